The third-order valence-corrected chi connectivity index (χ3v) is 13.4. The average Bonchev–Trinajstić information content (AvgIpc) is 3.25. The third kappa shape index (κ3) is 15.1. The summed E-state index contributed by atoms with van der Waals surface area (Å²) in [6, 6.07) is 0. The van der Waals surface area contributed by atoms with E-state index in [1.165, 1.54) is 6.08 Å². The number of hydrogen-bond acceptors (Lipinski definition) is 15. The van der Waals surface area contributed by atoms with E-state index in [0.29, 0.717) is 38.5 Å². The summed E-state index contributed by atoms with van der Waals surface area (Å²) in [5.74, 6) is -2.10. The maximum atomic E-state index is 13.7. The number of ether oxygens (including phenoxy) is 9. The molecule has 19 atom stereocenters. The van der Waals surface area contributed by atoms with Gasteiger partial charge in [0.2, 0.25) is 0 Å². The predicted molar refractivity (Wildman–Crippen MR) is 226 cm³/mol. The normalized spacial score (nSPS) is 41.7. The van der Waals surface area contributed by atoms with Crippen LogP contribution in [0.3, 0.4) is 0 Å². The highest BCUT2D eigenvalue weighted by Crippen LogP contribution is 2.35. The van der Waals surface area contributed by atoms with Crippen LogP contribution in [-0.2, 0) is 47.4 Å². The molecule has 3 unspecified atom stereocenters. The van der Waals surface area contributed by atoms with E-state index in [4.69, 9.17) is 42.6 Å². The molecule has 0 aliphatic carbocycles. The largest absolute Gasteiger partial charge is 0.458 e. The van der Waals surface area contributed by atoms with Gasteiger partial charge in [-0.25, -0.2) is 4.79 Å². The topological polar surface area (TPSA) is 201 Å². The van der Waals surface area contributed by atoms with E-state index >= 15 is 0 Å². The van der Waals surface area contributed by atoms with Gasteiger partial charge in [0.15, 0.2) is 6.29 Å². The quantitative estimate of drug-likeness (QED) is 0.132. The summed E-state index contributed by atoms with van der Waals surface area (Å²) in [4.78, 5) is 13.7. The average molecular weight is 871 g/mol. The molecule has 2 bridgehead atoms. The number of methoxy groups -OCH3 is 4. The maximum Gasteiger partial charge on any atom is 0.331 e. The monoisotopic (exact) mass is 871 g/mol. The molecular weight excluding hydrogens is 792 g/mol. The Kier molecular flexibility index (Phi) is 21.7. The van der Waals surface area contributed by atoms with Crippen molar-refractivity contribution in [2.45, 2.75) is 184 Å². The Morgan fingerprint density at radius 2 is 1.54 bits per heavy atom. The number of aliphatic hydroxyl groups is 5. The van der Waals surface area contributed by atoms with Crippen LogP contribution in [0.25, 0.3) is 0 Å². The number of fused-ring (bicyclic) bond motifs is 2. The number of rotatable bonds is 13. The predicted octanol–water partition coefficient (Wildman–Crippen LogP) is 3.80. The summed E-state index contributed by atoms with van der Waals surface area (Å²) in [6.45, 7) is 9.34. The molecule has 2 saturated heterocycles. The number of hydrogen-bond donors (Lipinski definition) is 5. The molecule has 15 nitrogen and oxygen atoms in total. The van der Waals surface area contributed by atoms with Crippen LogP contribution in [0.1, 0.15) is 92.4 Å². The number of allylic oxidation sites excluding steroid dienone is 2. The second kappa shape index (κ2) is 25.6. The highest BCUT2D eigenvalue weighted by Gasteiger charge is 2.42. The lowest BCUT2D eigenvalue weighted by atomic mass is 9.78. The van der Waals surface area contributed by atoms with Crippen molar-refractivity contribution < 1.29 is 73.0 Å². The Balaban J connectivity index is 1.63. The minimum Gasteiger partial charge on any atom is -0.458 e. The van der Waals surface area contributed by atoms with Crippen LogP contribution < -0.4 is 0 Å². The van der Waals surface area contributed by atoms with E-state index < -0.39 is 84.9 Å². The van der Waals surface area contributed by atoms with Gasteiger partial charge < -0.3 is 68.2 Å². The van der Waals surface area contributed by atoms with Crippen LogP contribution in [0, 0.1) is 23.7 Å². The van der Waals surface area contributed by atoms with E-state index in [1.54, 1.807) is 34.5 Å². The molecule has 4 aliphatic rings. The molecule has 4 rings (SSSR count). The van der Waals surface area contributed by atoms with E-state index in [1.807, 2.05) is 39.8 Å². The maximum absolute atomic E-state index is 13.7. The number of aliphatic hydroxyl groups excluding tert-OH is 5. The second-order valence-corrected chi connectivity index (χ2v) is 17.9. The minimum atomic E-state index is -1.47. The van der Waals surface area contributed by atoms with E-state index in [2.05, 4.69) is 13.0 Å². The number of carbonyl (C=O) groups is 1. The number of cyclic esters (lactones) is 1. The second-order valence-electron chi connectivity index (χ2n) is 17.9. The van der Waals surface area contributed by atoms with Crippen LogP contribution in [0.5, 0.6) is 0 Å². The number of carbonyl (C=O) groups excluding carboxylic acids is 1. The van der Waals surface area contributed by atoms with Crippen LogP contribution in [0.2, 0.25) is 0 Å². The fourth-order valence-corrected chi connectivity index (χ4v) is 9.52. The summed E-state index contributed by atoms with van der Waals surface area (Å²) in [7, 11) is 6.54. The van der Waals surface area contributed by atoms with Crippen LogP contribution in [-0.4, -0.2) is 165 Å². The Labute approximate surface area is 363 Å². The zero-order chi connectivity index (χ0) is 44.8. The lowest BCUT2D eigenvalue weighted by Gasteiger charge is -2.40. The molecule has 4 aliphatic heterocycles. The molecular formula is C46H78O15. The standard InChI is InChI=1S/C46H78O15/c1-26-13-16-34(60-46-44(52)43(51)37(48)25-57-46)20-31-11-10-12-32(59-31)22-39(55-8)36(24-47)40(56-9)23-38(54-7)29(4)45(61-41(49)18-14-26)30(5)42(50)27(2)15-17-33-21-35(53-6)19-28(3)58-33/h10-11,13-14,18,27-40,42-48,50-52H,12,15-17,19-25H2,1-9H3/b18-14+,26-13+/t27-,28-,29-,30-,31-,32?,33-,34?,35+,36?,37+,38+,39-,40-,42-,43-,44+,45-,46+/m0/s1. The van der Waals surface area contributed by atoms with E-state index in [9.17, 15) is 30.3 Å². The van der Waals surface area contributed by atoms with Gasteiger partial charge in [-0.2, -0.15) is 0 Å². The summed E-state index contributed by atoms with van der Waals surface area (Å²) in [5, 5.41) is 53.8. The van der Waals surface area contributed by atoms with Crippen molar-refractivity contribution in [3.8, 4) is 0 Å². The Morgan fingerprint density at radius 3 is 2.21 bits per heavy atom. The fraction of sp³-hybridized carbons (Fsp3) is 0.848. The molecule has 4 heterocycles. The first-order chi connectivity index (χ1) is 29.1. The van der Waals surface area contributed by atoms with Gasteiger partial charge in [0.1, 0.15) is 24.4 Å². The summed E-state index contributed by atoms with van der Waals surface area (Å²) in [6.07, 6.45) is 4.85. The van der Waals surface area contributed by atoms with Crippen molar-refractivity contribution in [2.24, 2.45) is 23.7 Å². The molecule has 0 aromatic carbocycles. The molecule has 0 aromatic heterocycles. The summed E-state index contributed by atoms with van der Waals surface area (Å²) < 4.78 is 54.8. The molecule has 15 heteroatoms. The van der Waals surface area contributed by atoms with Crippen molar-refractivity contribution in [3.05, 3.63) is 36.0 Å². The van der Waals surface area contributed by atoms with Crippen LogP contribution in [0.4, 0.5) is 0 Å². The molecule has 2 fully saturated rings. The van der Waals surface area contributed by atoms with Crippen molar-refractivity contribution in [1.29, 1.82) is 0 Å². The van der Waals surface area contributed by atoms with Crippen molar-refractivity contribution in [1.82, 2.24) is 0 Å². The van der Waals surface area contributed by atoms with Crippen LogP contribution in [0.15, 0.2) is 36.0 Å². The fourth-order valence-electron chi connectivity index (χ4n) is 9.52. The van der Waals surface area contributed by atoms with Crippen molar-refractivity contribution >= 4 is 5.97 Å². The van der Waals surface area contributed by atoms with Gasteiger partial charge in [-0.15, -0.1) is 0 Å². The smallest absolute Gasteiger partial charge is 0.331 e. The first kappa shape index (κ1) is 51.8. The molecule has 61 heavy (non-hydrogen) atoms. The van der Waals surface area contributed by atoms with Crippen molar-refractivity contribution in [3.63, 3.8) is 0 Å². The summed E-state index contributed by atoms with van der Waals surface area (Å²) in [5.41, 5.74) is 0.746. The van der Waals surface area contributed by atoms with Gasteiger partial charge in [-0.3, -0.25) is 0 Å². The Hall–Kier alpha value is -1.83. The van der Waals surface area contributed by atoms with Gasteiger partial charge in [-0.1, -0.05) is 50.6 Å². The first-order valence-corrected chi connectivity index (χ1v) is 22.4. The first-order valence-electron chi connectivity index (χ1n) is 22.4. The van der Waals surface area contributed by atoms with E-state index in [0.717, 1.165) is 24.8 Å². The zero-order valence-electron chi connectivity index (χ0n) is 38.0. The molecule has 0 aromatic rings. The molecule has 5 N–H and O–H groups in total. The number of esters is 1. The Bertz CT molecular complexity index is 1380. The molecule has 352 valence electrons. The molecule has 0 amide bonds. The zero-order valence-corrected chi connectivity index (χ0v) is 38.0. The Morgan fingerprint density at radius 1 is 0.836 bits per heavy atom. The SMILES string of the molecule is CO[C@H]1C[C@H](CC[C@H](C)[C@H](O)[C@H](C)[C@H]2OC(=O)/C=C/C(C)=C/CC(O[C@H]3OC[C@@H](O)[C@H](O)[C@H]3O)C[C@@H]3C=CCC(C[C@H](OC)C(CO)[C@@H](OC)C[C@@H](OC)[C@@H]2C)O3)O[C@@H](C)C1. The van der Waals surface area contributed by atoms with Gasteiger partial charge in [0.25, 0.3) is 0 Å². The lowest BCUT2D eigenvalue weighted by molar-refractivity contribution is -0.284. The lowest BCUT2D eigenvalue weighted by Crippen LogP contribution is -2.54. The third-order valence-electron chi connectivity index (χ3n) is 13.4. The van der Waals surface area contributed by atoms with Gasteiger partial charge in [0, 0.05) is 71.5 Å². The highest BCUT2D eigenvalue weighted by molar-refractivity contribution is 5.82. The van der Waals surface area contributed by atoms with Crippen molar-refractivity contribution in [2.75, 3.05) is 41.7 Å². The van der Waals surface area contributed by atoms with E-state index in [-0.39, 0.29) is 49.7 Å². The molecule has 0 radical (unpaired) electrons. The highest BCUT2D eigenvalue weighted by atomic mass is 16.7. The van der Waals surface area contributed by atoms with Crippen LogP contribution >= 0.6 is 0 Å². The molecule has 0 saturated carbocycles. The van der Waals surface area contributed by atoms with Gasteiger partial charge in [0.05, 0.1) is 74.3 Å². The van der Waals surface area contributed by atoms with Gasteiger partial charge in [-0.05, 0) is 58.3 Å². The summed E-state index contributed by atoms with van der Waals surface area (Å²) >= 11 is 0. The minimum absolute atomic E-state index is 0.0272. The molecule has 0 spiro atoms. The van der Waals surface area contributed by atoms with Gasteiger partial charge >= 0.3 is 5.97 Å².